The number of fused-ring (bicyclic) bond motifs is 1. The Morgan fingerprint density at radius 3 is 2.95 bits per heavy atom. The van der Waals surface area contributed by atoms with Gasteiger partial charge in [-0.1, -0.05) is 6.42 Å². The Labute approximate surface area is 118 Å². The van der Waals surface area contributed by atoms with Crippen molar-refractivity contribution in [2.45, 2.75) is 37.8 Å². The maximum atomic E-state index is 11.2. The zero-order chi connectivity index (χ0) is 14.1. The first-order valence-corrected chi connectivity index (χ1v) is 7.22. The molecule has 2 fully saturated rings. The first kappa shape index (κ1) is 13.2. The van der Waals surface area contributed by atoms with Crippen molar-refractivity contribution in [2.75, 3.05) is 24.1 Å². The predicted octanol–water partition coefficient (Wildman–Crippen LogP) is 0.801. The molecule has 0 aromatic carbocycles. The van der Waals surface area contributed by atoms with Gasteiger partial charge >= 0.3 is 0 Å². The van der Waals surface area contributed by atoms with E-state index in [2.05, 4.69) is 15.2 Å². The Morgan fingerprint density at radius 2 is 2.15 bits per heavy atom. The summed E-state index contributed by atoms with van der Waals surface area (Å²) >= 11 is 0. The van der Waals surface area contributed by atoms with Gasteiger partial charge in [0.05, 0.1) is 5.69 Å². The number of hydrogen-bond acceptors (Lipinski definition) is 5. The molecule has 2 aliphatic heterocycles. The Kier molecular flexibility index (Phi) is 3.48. The summed E-state index contributed by atoms with van der Waals surface area (Å²) in [6.45, 7) is 2.31. The molecule has 108 valence electrons. The number of rotatable bonds is 3. The number of nitrogens with two attached hydrogens (primary N) is 2. The summed E-state index contributed by atoms with van der Waals surface area (Å²) in [5.41, 5.74) is 12.0. The number of anilines is 2. The number of piperidine rings is 1. The van der Waals surface area contributed by atoms with Crippen LogP contribution in [-0.2, 0) is 0 Å². The fourth-order valence-corrected chi connectivity index (χ4v) is 3.31. The molecule has 2 aliphatic rings. The molecule has 0 saturated carbocycles. The number of carbonyl (C=O) groups excluding carboxylic acids is 1. The van der Waals surface area contributed by atoms with Crippen LogP contribution in [0.1, 0.15) is 36.2 Å². The fraction of sp³-hybridized carbons (Fsp3) is 0.571. The molecular formula is C14H21N5O. The molecule has 2 unspecified atom stereocenters. The van der Waals surface area contributed by atoms with Crippen LogP contribution in [0.25, 0.3) is 0 Å². The van der Waals surface area contributed by atoms with Gasteiger partial charge < -0.3 is 16.8 Å². The molecule has 3 rings (SSSR count). The van der Waals surface area contributed by atoms with Gasteiger partial charge in [0.15, 0.2) is 0 Å². The van der Waals surface area contributed by atoms with E-state index in [4.69, 9.17) is 11.5 Å². The highest BCUT2D eigenvalue weighted by Gasteiger charge is 2.35. The van der Waals surface area contributed by atoms with Crippen LogP contribution in [0.2, 0.25) is 0 Å². The molecule has 1 amide bonds. The van der Waals surface area contributed by atoms with Crippen molar-refractivity contribution >= 4 is 17.4 Å². The maximum absolute atomic E-state index is 11.2. The van der Waals surface area contributed by atoms with E-state index in [-0.39, 0.29) is 5.69 Å². The average molecular weight is 275 g/mol. The molecule has 1 aromatic heterocycles. The summed E-state index contributed by atoms with van der Waals surface area (Å²) in [5.74, 6) is 0.0532. The number of primary amides is 1. The van der Waals surface area contributed by atoms with Gasteiger partial charge in [0.25, 0.3) is 5.91 Å². The standard InChI is InChI=1S/C14H21N5O/c15-9-4-5-11(13(16)20)18-14(9)17-10-6-8-19-7-2-1-3-12(10)19/h4-5,10,12H,1-3,6-8,15H2,(H2,16,20)(H,17,18). The van der Waals surface area contributed by atoms with Gasteiger partial charge in [-0.2, -0.15) is 0 Å². The maximum Gasteiger partial charge on any atom is 0.267 e. The first-order valence-electron chi connectivity index (χ1n) is 7.22. The van der Waals surface area contributed by atoms with Crippen molar-refractivity contribution in [1.29, 1.82) is 0 Å². The lowest BCUT2D eigenvalue weighted by Crippen LogP contribution is -2.42. The van der Waals surface area contributed by atoms with E-state index >= 15 is 0 Å². The molecule has 20 heavy (non-hydrogen) atoms. The summed E-state index contributed by atoms with van der Waals surface area (Å²) in [6.07, 6.45) is 4.88. The van der Waals surface area contributed by atoms with Gasteiger partial charge in [0.1, 0.15) is 11.5 Å². The Balaban J connectivity index is 1.77. The number of pyridine rings is 1. The lowest BCUT2D eigenvalue weighted by Gasteiger charge is -2.32. The van der Waals surface area contributed by atoms with Crippen molar-refractivity contribution in [3.05, 3.63) is 17.8 Å². The van der Waals surface area contributed by atoms with Crippen LogP contribution in [-0.4, -0.2) is 41.0 Å². The molecule has 0 radical (unpaired) electrons. The van der Waals surface area contributed by atoms with E-state index < -0.39 is 5.91 Å². The third kappa shape index (κ3) is 2.43. The number of nitrogens with one attached hydrogen (secondary N) is 1. The second-order valence-corrected chi connectivity index (χ2v) is 5.64. The van der Waals surface area contributed by atoms with Gasteiger partial charge in [-0.15, -0.1) is 0 Å². The number of nitrogen functional groups attached to an aromatic ring is 1. The fourth-order valence-electron chi connectivity index (χ4n) is 3.31. The van der Waals surface area contributed by atoms with Crippen molar-refractivity contribution in [3.8, 4) is 0 Å². The summed E-state index contributed by atoms with van der Waals surface area (Å²) in [7, 11) is 0. The van der Waals surface area contributed by atoms with Gasteiger partial charge in [-0.25, -0.2) is 4.98 Å². The average Bonchev–Trinajstić information content (AvgIpc) is 2.84. The predicted molar refractivity (Wildman–Crippen MR) is 78.4 cm³/mol. The lowest BCUT2D eigenvalue weighted by atomic mass is 9.99. The largest absolute Gasteiger partial charge is 0.396 e. The van der Waals surface area contributed by atoms with Crippen molar-refractivity contribution in [2.24, 2.45) is 5.73 Å². The monoisotopic (exact) mass is 275 g/mol. The van der Waals surface area contributed by atoms with E-state index in [0.717, 1.165) is 13.0 Å². The minimum Gasteiger partial charge on any atom is -0.396 e. The van der Waals surface area contributed by atoms with Gasteiger partial charge in [-0.3, -0.25) is 9.69 Å². The van der Waals surface area contributed by atoms with Crippen LogP contribution in [0, 0.1) is 0 Å². The number of amides is 1. The third-order valence-electron chi connectivity index (χ3n) is 4.36. The van der Waals surface area contributed by atoms with Crippen molar-refractivity contribution in [3.63, 3.8) is 0 Å². The minimum atomic E-state index is -0.529. The second kappa shape index (κ2) is 5.28. The van der Waals surface area contributed by atoms with Gasteiger partial charge in [0.2, 0.25) is 0 Å². The van der Waals surface area contributed by atoms with Crippen LogP contribution in [0.5, 0.6) is 0 Å². The number of hydrogen-bond donors (Lipinski definition) is 3. The summed E-state index contributed by atoms with van der Waals surface area (Å²) in [6, 6.07) is 4.16. The zero-order valence-corrected chi connectivity index (χ0v) is 11.5. The van der Waals surface area contributed by atoms with E-state index in [1.165, 1.54) is 25.8 Å². The Bertz CT molecular complexity index is 518. The highest BCUT2D eigenvalue weighted by molar-refractivity contribution is 5.91. The SMILES string of the molecule is NC(=O)c1ccc(N)c(NC2CCN3CCCCC23)n1. The van der Waals surface area contributed by atoms with E-state index in [1.54, 1.807) is 12.1 Å². The van der Waals surface area contributed by atoms with E-state index in [0.29, 0.717) is 23.6 Å². The van der Waals surface area contributed by atoms with E-state index in [1.807, 2.05) is 0 Å². The highest BCUT2D eigenvalue weighted by atomic mass is 16.1. The molecule has 6 nitrogen and oxygen atoms in total. The quantitative estimate of drug-likeness (QED) is 0.758. The summed E-state index contributed by atoms with van der Waals surface area (Å²) < 4.78 is 0. The van der Waals surface area contributed by atoms with Crippen molar-refractivity contribution < 1.29 is 4.79 Å². The molecular weight excluding hydrogens is 254 g/mol. The Morgan fingerprint density at radius 1 is 1.30 bits per heavy atom. The Hall–Kier alpha value is -1.82. The van der Waals surface area contributed by atoms with Crippen LogP contribution in [0.3, 0.4) is 0 Å². The second-order valence-electron chi connectivity index (χ2n) is 5.64. The zero-order valence-electron chi connectivity index (χ0n) is 11.5. The van der Waals surface area contributed by atoms with Crippen LogP contribution in [0.4, 0.5) is 11.5 Å². The third-order valence-corrected chi connectivity index (χ3v) is 4.36. The molecule has 0 aliphatic carbocycles. The lowest BCUT2D eigenvalue weighted by molar-refractivity contribution is 0.0995. The van der Waals surface area contributed by atoms with Crippen molar-refractivity contribution in [1.82, 2.24) is 9.88 Å². The first-order chi connectivity index (χ1) is 9.65. The number of aromatic nitrogens is 1. The molecule has 0 spiro atoms. The molecule has 0 bridgehead atoms. The smallest absolute Gasteiger partial charge is 0.267 e. The van der Waals surface area contributed by atoms with Crippen LogP contribution >= 0.6 is 0 Å². The normalized spacial score (nSPS) is 26.2. The topological polar surface area (TPSA) is 97.3 Å². The highest BCUT2D eigenvalue weighted by Crippen LogP contribution is 2.30. The molecule has 3 heterocycles. The molecule has 1 aromatic rings. The van der Waals surface area contributed by atoms with Gasteiger partial charge in [0, 0.05) is 18.6 Å². The van der Waals surface area contributed by atoms with Gasteiger partial charge in [-0.05, 0) is 37.9 Å². The van der Waals surface area contributed by atoms with E-state index in [9.17, 15) is 4.79 Å². The molecule has 6 heteroatoms. The molecule has 2 saturated heterocycles. The minimum absolute atomic E-state index is 0.250. The molecule has 2 atom stereocenters. The van der Waals surface area contributed by atoms with Crippen LogP contribution in [0.15, 0.2) is 12.1 Å². The number of carbonyl (C=O) groups is 1. The number of nitrogens with zero attached hydrogens (tertiary/aromatic N) is 2. The summed E-state index contributed by atoms with van der Waals surface area (Å²) in [4.78, 5) is 18.0. The van der Waals surface area contributed by atoms with Crippen LogP contribution < -0.4 is 16.8 Å². The summed E-state index contributed by atoms with van der Waals surface area (Å²) in [5, 5.41) is 3.42. The molecule has 5 N–H and O–H groups in total.